The van der Waals surface area contributed by atoms with Gasteiger partial charge in [0.25, 0.3) is 0 Å². The molecule has 5 aromatic rings. The zero-order valence-corrected chi connectivity index (χ0v) is 41.3. The number of ether oxygens (including phenoxy) is 2. The Bertz CT molecular complexity index is 2310. The summed E-state index contributed by atoms with van der Waals surface area (Å²) in [4.78, 5) is 34.1. The normalized spacial score (nSPS) is 12.3. The van der Waals surface area contributed by atoms with Crippen molar-refractivity contribution in [3.63, 3.8) is 0 Å². The van der Waals surface area contributed by atoms with Crippen molar-refractivity contribution in [2.24, 2.45) is 11.7 Å². The largest absolute Gasteiger partial charge is 0.468 e. The number of nitrogens with two attached hydrogens (primary N) is 1. The third-order valence-corrected chi connectivity index (χ3v) is 14.2. The smallest absolute Gasteiger partial charge is 0.320 e. The van der Waals surface area contributed by atoms with Crippen LogP contribution in [0.1, 0.15) is 95.9 Å². The van der Waals surface area contributed by atoms with E-state index in [1.54, 1.807) is 30.3 Å². The molecule has 0 aliphatic heterocycles. The van der Waals surface area contributed by atoms with Gasteiger partial charge in [0.15, 0.2) is 5.92 Å². The molecule has 63 heavy (non-hydrogen) atoms. The Labute approximate surface area is 387 Å². The molecule has 3 N–H and O–H groups in total. The summed E-state index contributed by atoms with van der Waals surface area (Å²) in [5, 5.41) is 10.8. The van der Waals surface area contributed by atoms with Crippen molar-refractivity contribution in [3.8, 4) is 0 Å². The first-order valence-electron chi connectivity index (χ1n) is 20.4. The van der Waals surface area contributed by atoms with Crippen LogP contribution in [0.3, 0.4) is 0 Å². The van der Waals surface area contributed by atoms with Crippen LogP contribution in [-0.4, -0.2) is 46.0 Å². The fourth-order valence-corrected chi connectivity index (χ4v) is 9.45. The van der Waals surface area contributed by atoms with Crippen molar-refractivity contribution in [2.75, 3.05) is 20.8 Å². The van der Waals surface area contributed by atoms with Crippen LogP contribution in [0.25, 0.3) is 0 Å². The monoisotopic (exact) mass is 967 g/mol. The summed E-state index contributed by atoms with van der Waals surface area (Å²) < 4.78 is 39.3. The number of nitrogens with one attached hydrogen (secondary N) is 1. The average molecular weight is 967 g/mol. The van der Waals surface area contributed by atoms with Crippen molar-refractivity contribution >= 4 is 22.0 Å². The number of methoxy groups -OCH3 is 2. The second-order valence-electron chi connectivity index (χ2n) is 15.7. The van der Waals surface area contributed by atoms with Crippen LogP contribution in [0.2, 0.25) is 0 Å². The Hall–Kier alpha value is -5.07. The number of hydrogen-bond donors (Lipinski definition) is 2. The standard InChI is InChI=1S/C25H30N2O2S.C13H15NO6.C12H18.Ru/c1-16-17(2)19(4)25(20(5)18(16)3)30(28,29)27-24(22-14-10-7-11-15-22)23(26)21-12-8-6-9-13-21;1-19-12(15)11(13(16)20-2)10(8-14(17)18)9-6-4-3-5-7-9;1-7-8(2)10(4)12(6)11(5)9(7)3;/h6-15,23-24,27H,26H2,1-5H3;3-7,10-11H,8H2,1-2H3;1-6H3;/t23-,24-;10-;;/m00../s1. The van der Waals surface area contributed by atoms with Crippen LogP contribution in [0.5, 0.6) is 0 Å². The van der Waals surface area contributed by atoms with E-state index in [9.17, 15) is 28.1 Å². The van der Waals surface area contributed by atoms with Crippen LogP contribution >= 0.6 is 0 Å². The van der Waals surface area contributed by atoms with Crippen LogP contribution < -0.4 is 10.5 Å². The molecule has 0 aliphatic rings. The number of nitro groups is 1. The van der Waals surface area contributed by atoms with Crippen LogP contribution in [0, 0.1) is 92.2 Å². The number of esters is 2. The van der Waals surface area contributed by atoms with E-state index in [2.05, 4.69) is 55.7 Å². The minimum absolute atomic E-state index is 0. The summed E-state index contributed by atoms with van der Waals surface area (Å²) in [5.41, 5.74) is 22.2. The maximum Gasteiger partial charge on any atom is 0.320 e. The Morgan fingerprint density at radius 2 is 0.873 bits per heavy atom. The van der Waals surface area contributed by atoms with Gasteiger partial charge in [-0.25, -0.2) is 13.1 Å². The summed E-state index contributed by atoms with van der Waals surface area (Å²) in [6, 6.07) is 26.3. The van der Waals surface area contributed by atoms with Crippen LogP contribution in [0.15, 0.2) is 95.9 Å². The van der Waals surface area contributed by atoms with E-state index in [0.717, 1.165) is 53.2 Å². The van der Waals surface area contributed by atoms with Gasteiger partial charge < -0.3 is 15.2 Å². The first-order chi connectivity index (χ1) is 29.1. The predicted molar refractivity (Wildman–Crippen MR) is 246 cm³/mol. The molecule has 0 spiro atoms. The molecule has 3 atom stereocenters. The second kappa shape index (κ2) is 24.1. The van der Waals surface area contributed by atoms with Crippen molar-refractivity contribution in [1.29, 1.82) is 0 Å². The van der Waals surface area contributed by atoms with Crippen LogP contribution in [0.4, 0.5) is 0 Å². The van der Waals surface area contributed by atoms with Gasteiger partial charge in [-0.3, -0.25) is 19.7 Å². The van der Waals surface area contributed by atoms with Crippen molar-refractivity contribution in [1.82, 2.24) is 4.72 Å². The molecule has 13 heteroatoms. The molecule has 340 valence electrons. The number of carbonyl (C=O) groups excluding carboxylic acids is 2. The van der Waals surface area contributed by atoms with E-state index < -0.39 is 57.3 Å². The molecule has 0 radical (unpaired) electrons. The Kier molecular flexibility index (Phi) is 20.7. The van der Waals surface area contributed by atoms with Gasteiger partial charge in [-0.15, -0.1) is 0 Å². The third kappa shape index (κ3) is 13.2. The average Bonchev–Trinajstić information content (AvgIpc) is 3.27. The number of sulfonamides is 1. The van der Waals surface area contributed by atoms with Gasteiger partial charge in [0.2, 0.25) is 16.6 Å². The maximum absolute atomic E-state index is 13.6. The molecule has 5 aromatic carbocycles. The summed E-state index contributed by atoms with van der Waals surface area (Å²) >= 11 is 0. The quantitative estimate of drug-likeness (QED) is 0.0407. The van der Waals surface area contributed by atoms with E-state index in [-0.39, 0.29) is 19.5 Å². The molecule has 5 rings (SSSR count). The van der Waals surface area contributed by atoms with Gasteiger partial charge in [0, 0.05) is 24.4 Å². The van der Waals surface area contributed by atoms with Gasteiger partial charge in [0.05, 0.1) is 37.1 Å². The molecule has 0 saturated carbocycles. The van der Waals surface area contributed by atoms with E-state index in [1.807, 2.05) is 95.3 Å². The second-order valence-corrected chi connectivity index (χ2v) is 17.4. The number of nitrogens with zero attached hydrogens (tertiary/aromatic N) is 1. The third-order valence-electron chi connectivity index (χ3n) is 12.4. The Morgan fingerprint density at radius 1 is 0.571 bits per heavy atom. The van der Waals surface area contributed by atoms with Gasteiger partial charge in [-0.2, -0.15) is 0 Å². The molecule has 0 unspecified atom stereocenters. The number of carbonyl (C=O) groups is 2. The zero-order valence-electron chi connectivity index (χ0n) is 38.7. The molecule has 0 aliphatic carbocycles. The first kappa shape index (κ1) is 54.1. The molecule has 0 aromatic heterocycles. The number of benzene rings is 5. The molecule has 0 bridgehead atoms. The maximum atomic E-state index is 13.6. The summed E-state index contributed by atoms with van der Waals surface area (Å²) in [6.07, 6.45) is 0. The van der Waals surface area contributed by atoms with Crippen molar-refractivity contribution in [2.45, 2.75) is 99.1 Å². The van der Waals surface area contributed by atoms with Gasteiger partial charge in [-0.1, -0.05) is 91.0 Å². The Balaban J connectivity index is 0.000000356. The van der Waals surface area contributed by atoms with E-state index in [1.165, 1.54) is 33.4 Å². The van der Waals surface area contributed by atoms with E-state index >= 15 is 0 Å². The minimum Gasteiger partial charge on any atom is -0.468 e. The zero-order chi connectivity index (χ0) is 46.6. The Morgan fingerprint density at radius 3 is 1.19 bits per heavy atom. The first-order valence-corrected chi connectivity index (χ1v) is 21.9. The minimum atomic E-state index is -3.81. The molecular weight excluding hydrogens is 904 g/mol. The number of rotatable bonds is 12. The summed E-state index contributed by atoms with van der Waals surface area (Å²) in [5.74, 6) is -4.01. The van der Waals surface area contributed by atoms with Gasteiger partial charge in [-0.05, 0) is 154 Å². The topological polar surface area (TPSA) is 168 Å². The van der Waals surface area contributed by atoms with Crippen molar-refractivity contribution < 1.29 is 51.9 Å². The molecule has 0 heterocycles. The predicted octanol–water partition coefficient (Wildman–Crippen LogP) is 9.49. The molecule has 0 amide bonds. The van der Waals surface area contributed by atoms with Crippen LogP contribution in [-0.2, 0) is 48.6 Å². The van der Waals surface area contributed by atoms with Gasteiger partial charge in [0.1, 0.15) is 0 Å². The molecule has 0 saturated heterocycles. The fourth-order valence-electron chi connectivity index (χ4n) is 7.60. The number of hydrogen-bond acceptors (Lipinski definition) is 9. The van der Waals surface area contributed by atoms with Gasteiger partial charge >= 0.3 is 11.9 Å². The molecule has 11 nitrogen and oxygen atoms in total. The van der Waals surface area contributed by atoms with Crippen molar-refractivity contribution in [3.05, 3.63) is 179 Å². The summed E-state index contributed by atoms with van der Waals surface area (Å²) in [6.45, 7) is 22.4. The molecule has 0 fully saturated rings. The fraction of sp³-hybridized carbons (Fsp3) is 0.360. The van der Waals surface area contributed by atoms with E-state index in [4.69, 9.17) is 5.73 Å². The molecular formula is C50H63N3O8RuS. The van der Waals surface area contributed by atoms with E-state index in [0.29, 0.717) is 10.5 Å². The summed E-state index contributed by atoms with van der Waals surface area (Å²) in [7, 11) is -1.58. The SMILES string of the molecule is COC(=O)C(C(=O)OC)[C@@H](C[N+](=O)[O-])c1ccccc1.Cc1c(C)c(C)c(C)c(C)c1C.Cc1c(C)c(C)c(S(=O)(=O)N[C@@H](c2ccccc2)[C@@H](N)c2ccccc2)c(C)c1C.[Ru].